The average molecular weight is 291 g/mol. The highest BCUT2D eigenvalue weighted by molar-refractivity contribution is 7.89. The summed E-state index contributed by atoms with van der Waals surface area (Å²) in [6.45, 7) is -0.207. The molecule has 0 bridgehead atoms. The Morgan fingerprint density at radius 1 is 1.53 bits per heavy atom. The quantitative estimate of drug-likeness (QED) is 0.767. The van der Waals surface area contributed by atoms with Crippen LogP contribution in [0.25, 0.3) is 0 Å². The van der Waals surface area contributed by atoms with Crippen molar-refractivity contribution in [3.8, 4) is 0 Å². The van der Waals surface area contributed by atoms with E-state index in [1.807, 2.05) is 0 Å². The first-order valence-corrected chi connectivity index (χ1v) is 6.83. The van der Waals surface area contributed by atoms with Crippen LogP contribution in [0.3, 0.4) is 0 Å². The fourth-order valence-electron chi connectivity index (χ4n) is 1.35. The zero-order valence-electron chi connectivity index (χ0n) is 10.2. The van der Waals surface area contributed by atoms with Crippen molar-refractivity contribution in [2.45, 2.75) is 17.4 Å². The molecule has 0 radical (unpaired) electrons. The van der Waals surface area contributed by atoms with Gasteiger partial charge in [0.15, 0.2) is 0 Å². The molecular formula is C11H14FNO5S. The van der Waals surface area contributed by atoms with Crippen molar-refractivity contribution in [1.29, 1.82) is 0 Å². The van der Waals surface area contributed by atoms with Crippen molar-refractivity contribution in [2.24, 2.45) is 0 Å². The molecule has 0 aliphatic rings. The van der Waals surface area contributed by atoms with Gasteiger partial charge in [0.05, 0.1) is 17.4 Å². The van der Waals surface area contributed by atoms with E-state index in [0.717, 1.165) is 12.1 Å². The molecule has 1 rings (SSSR count). The first-order chi connectivity index (χ1) is 8.85. The topological polar surface area (TPSA) is 92.7 Å². The molecule has 0 aliphatic heterocycles. The van der Waals surface area contributed by atoms with E-state index < -0.39 is 27.9 Å². The molecule has 19 heavy (non-hydrogen) atoms. The van der Waals surface area contributed by atoms with E-state index in [-0.39, 0.29) is 17.9 Å². The minimum atomic E-state index is -3.89. The standard InChI is InChI=1S/C11H14FNO5S/c1-18-9(6-11(14)15)7-13-19(16,17)10-4-2-3-8(12)5-10/h2-5,9,13H,6-7H2,1H3,(H,14,15). The smallest absolute Gasteiger partial charge is 0.306 e. The number of methoxy groups -OCH3 is 1. The number of benzene rings is 1. The van der Waals surface area contributed by atoms with E-state index >= 15 is 0 Å². The largest absolute Gasteiger partial charge is 0.481 e. The zero-order valence-corrected chi connectivity index (χ0v) is 11.0. The minimum absolute atomic E-state index is 0.207. The van der Waals surface area contributed by atoms with Gasteiger partial charge in [0, 0.05) is 13.7 Å². The second-order valence-electron chi connectivity index (χ2n) is 3.76. The van der Waals surface area contributed by atoms with Crippen molar-refractivity contribution < 1.29 is 27.4 Å². The maximum Gasteiger partial charge on any atom is 0.306 e. The Hall–Kier alpha value is -1.51. The third-order valence-corrected chi connectivity index (χ3v) is 3.76. The van der Waals surface area contributed by atoms with Crippen LogP contribution in [-0.2, 0) is 19.6 Å². The second kappa shape index (κ2) is 6.60. The number of carbonyl (C=O) groups is 1. The van der Waals surface area contributed by atoms with Gasteiger partial charge in [-0.2, -0.15) is 0 Å². The van der Waals surface area contributed by atoms with Gasteiger partial charge in [-0.1, -0.05) is 6.07 Å². The van der Waals surface area contributed by atoms with Crippen LogP contribution >= 0.6 is 0 Å². The van der Waals surface area contributed by atoms with E-state index in [9.17, 15) is 17.6 Å². The number of hydrogen-bond donors (Lipinski definition) is 2. The Morgan fingerprint density at radius 3 is 2.74 bits per heavy atom. The summed E-state index contributed by atoms with van der Waals surface area (Å²) in [5.74, 6) is -1.77. The molecule has 0 aromatic heterocycles. The summed E-state index contributed by atoms with van der Waals surface area (Å²) in [6, 6.07) is 4.52. The number of rotatable bonds is 7. The number of carboxylic acids is 1. The summed E-state index contributed by atoms with van der Waals surface area (Å²) >= 11 is 0. The maximum atomic E-state index is 12.9. The number of nitrogens with one attached hydrogen (secondary N) is 1. The molecule has 0 aliphatic carbocycles. The average Bonchev–Trinajstić information content (AvgIpc) is 2.34. The molecule has 0 spiro atoms. The van der Waals surface area contributed by atoms with Gasteiger partial charge < -0.3 is 9.84 Å². The number of carboxylic acid groups (broad SMARTS) is 1. The van der Waals surface area contributed by atoms with Gasteiger partial charge in [-0.3, -0.25) is 4.79 Å². The zero-order chi connectivity index (χ0) is 14.5. The van der Waals surface area contributed by atoms with Gasteiger partial charge in [-0.25, -0.2) is 17.5 Å². The molecule has 8 heteroatoms. The van der Waals surface area contributed by atoms with Crippen molar-refractivity contribution in [3.05, 3.63) is 30.1 Å². The Labute approximate surface area is 110 Å². The van der Waals surface area contributed by atoms with Crippen LogP contribution in [-0.4, -0.2) is 39.3 Å². The van der Waals surface area contributed by atoms with Gasteiger partial charge >= 0.3 is 5.97 Å². The highest BCUT2D eigenvalue weighted by Crippen LogP contribution is 2.10. The first-order valence-electron chi connectivity index (χ1n) is 5.35. The molecule has 106 valence electrons. The van der Waals surface area contributed by atoms with Gasteiger partial charge in [-0.05, 0) is 18.2 Å². The van der Waals surface area contributed by atoms with Gasteiger partial charge in [0.2, 0.25) is 10.0 Å². The van der Waals surface area contributed by atoms with Crippen molar-refractivity contribution in [3.63, 3.8) is 0 Å². The van der Waals surface area contributed by atoms with Crippen LogP contribution in [0.4, 0.5) is 4.39 Å². The third-order valence-electron chi connectivity index (χ3n) is 2.34. The predicted molar refractivity (Wildman–Crippen MR) is 64.6 cm³/mol. The molecular weight excluding hydrogens is 277 g/mol. The van der Waals surface area contributed by atoms with Crippen LogP contribution in [0.1, 0.15) is 6.42 Å². The van der Waals surface area contributed by atoms with E-state index in [0.29, 0.717) is 0 Å². The lowest BCUT2D eigenvalue weighted by Crippen LogP contribution is -2.34. The Kier molecular flexibility index (Phi) is 5.40. The molecule has 0 saturated heterocycles. The van der Waals surface area contributed by atoms with Crippen LogP contribution in [0.5, 0.6) is 0 Å². The highest BCUT2D eigenvalue weighted by Gasteiger charge is 2.18. The van der Waals surface area contributed by atoms with Gasteiger partial charge in [-0.15, -0.1) is 0 Å². The Morgan fingerprint density at radius 2 is 2.21 bits per heavy atom. The molecule has 1 aromatic rings. The van der Waals surface area contributed by atoms with Crippen molar-refractivity contribution >= 4 is 16.0 Å². The van der Waals surface area contributed by atoms with E-state index in [1.165, 1.54) is 19.2 Å². The Balaban J connectivity index is 2.72. The molecule has 1 atom stereocenters. The van der Waals surface area contributed by atoms with Gasteiger partial charge in [0.25, 0.3) is 0 Å². The van der Waals surface area contributed by atoms with Crippen LogP contribution < -0.4 is 4.72 Å². The van der Waals surface area contributed by atoms with Crippen LogP contribution in [0.15, 0.2) is 29.2 Å². The third kappa shape index (κ3) is 4.93. The SMILES string of the molecule is COC(CNS(=O)(=O)c1cccc(F)c1)CC(=O)O. The summed E-state index contributed by atoms with van der Waals surface area (Å²) in [4.78, 5) is 10.3. The fourth-order valence-corrected chi connectivity index (χ4v) is 2.45. The van der Waals surface area contributed by atoms with E-state index in [4.69, 9.17) is 9.84 Å². The number of hydrogen-bond acceptors (Lipinski definition) is 4. The van der Waals surface area contributed by atoms with Gasteiger partial charge in [0.1, 0.15) is 5.82 Å². The summed E-state index contributed by atoms with van der Waals surface area (Å²) < 4.78 is 43.6. The normalized spacial score (nSPS) is 13.2. The van der Waals surface area contributed by atoms with E-state index in [2.05, 4.69) is 4.72 Å². The fraction of sp³-hybridized carbons (Fsp3) is 0.364. The number of aliphatic carboxylic acids is 1. The molecule has 0 saturated carbocycles. The molecule has 0 amide bonds. The summed E-state index contributed by atoms with van der Waals surface area (Å²) in [5.41, 5.74) is 0. The molecule has 6 nitrogen and oxygen atoms in total. The maximum absolute atomic E-state index is 12.9. The first kappa shape index (κ1) is 15.5. The Bertz CT molecular complexity index is 546. The lowest BCUT2D eigenvalue weighted by atomic mass is 10.2. The highest BCUT2D eigenvalue weighted by atomic mass is 32.2. The number of ether oxygens (including phenoxy) is 1. The number of sulfonamides is 1. The predicted octanol–water partition coefficient (Wildman–Crippen LogP) is 0.594. The second-order valence-corrected chi connectivity index (χ2v) is 5.53. The summed E-state index contributed by atoms with van der Waals surface area (Å²) in [7, 11) is -2.60. The minimum Gasteiger partial charge on any atom is -0.481 e. The monoisotopic (exact) mass is 291 g/mol. The lowest BCUT2D eigenvalue weighted by molar-refractivity contribution is -0.139. The molecule has 1 unspecified atom stereocenters. The van der Waals surface area contributed by atoms with Crippen LogP contribution in [0.2, 0.25) is 0 Å². The van der Waals surface area contributed by atoms with Crippen LogP contribution in [0, 0.1) is 5.82 Å². The lowest BCUT2D eigenvalue weighted by Gasteiger charge is -2.14. The summed E-state index contributed by atoms with van der Waals surface area (Å²) in [5, 5.41) is 8.59. The van der Waals surface area contributed by atoms with Crippen molar-refractivity contribution in [1.82, 2.24) is 4.72 Å². The summed E-state index contributed by atoms with van der Waals surface area (Å²) in [6.07, 6.45) is -1.12. The van der Waals surface area contributed by atoms with Crippen molar-refractivity contribution in [2.75, 3.05) is 13.7 Å². The molecule has 0 heterocycles. The van der Waals surface area contributed by atoms with E-state index in [1.54, 1.807) is 0 Å². The number of halogens is 1. The molecule has 1 aromatic carbocycles. The molecule has 0 fully saturated rings. The molecule has 2 N–H and O–H groups in total.